The van der Waals surface area contributed by atoms with Crippen LogP contribution in [0.1, 0.15) is 10.4 Å². The zero-order valence-corrected chi connectivity index (χ0v) is 8.80. The highest BCUT2D eigenvalue weighted by Crippen LogP contribution is 2.13. The molecule has 0 unspecified atom stereocenters. The fourth-order valence-corrected chi connectivity index (χ4v) is 1.14. The Bertz CT molecular complexity index is 341. The second-order valence-corrected chi connectivity index (χ2v) is 3.61. The van der Waals surface area contributed by atoms with Gasteiger partial charge in [0.15, 0.2) is 0 Å². The van der Waals surface area contributed by atoms with Gasteiger partial charge in [-0.05, 0) is 22.0 Å². The molecule has 3 nitrogen and oxygen atoms in total. The van der Waals surface area contributed by atoms with Gasteiger partial charge in [-0.2, -0.15) is 4.39 Å². The number of carbonyl (C=O) groups excluding carboxylic acids is 1. The van der Waals surface area contributed by atoms with Crippen molar-refractivity contribution >= 4 is 21.8 Å². The zero-order valence-electron chi connectivity index (χ0n) is 7.21. The summed E-state index contributed by atoms with van der Waals surface area (Å²) in [7, 11) is 3.12. The molecular formula is C8H8BrFN2O. The standard InChI is InChI=1S/C8H8BrFN2O/c1-12(2)8(13)6-3-5(9)4-11-7(6)10/h3-4H,1-2H3. The van der Waals surface area contributed by atoms with Crippen molar-refractivity contribution in [3.8, 4) is 0 Å². The van der Waals surface area contributed by atoms with Crippen LogP contribution >= 0.6 is 15.9 Å². The number of pyridine rings is 1. The van der Waals surface area contributed by atoms with E-state index in [4.69, 9.17) is 0 Å². The highest BCUT2D eigenvalue weighted by molar-refractivity contribution is 9.10. The lowest BCUT2D eigenvalue weighted by Gasteiger charge is -2.10. The van der Waals surface area contributed by atoms with Gasteiger partial charge in [-0.15, -0.1) is 0 Å². The summed E-state index contributed by atoms with van der Waals surface area (Å²) in [6.07, 6.45) is 1.31. The van der Waals surface area contributed by atoms with Crippen LogP contribution in [0.15, 0.2) is 16.7 Å². The molecule has 5 heteroatoms. The number of amides is 1. The molecule has 0 saturated heterocycles. The second kappa shape index (κ2) is 3.83. The van der Waals surface area contributed by atoms with Crippen molar-refractivity contribution in [1.82, 2.24) is 9.88 Å². The minimum absolute atomic E-state index is 0.0284. The molecule has 1 heterocycles. The van der Waals surface area contributed by atoms with Crippen LogP contribution in [-0.4, -0.2) is 29.9 Å². The lowest BCUT2D eigenvalue weighted by Crippen LogP contribution is -2.23. The summed E-state index contributed by atoms with van der Waals surface area (Å²) in [6, 6.07) is 1.41. The van der Waals surface area contributed by atoms with Gasteiger partial charge >= 0.3 is 0 Å². The number of rotatable bonds is 1. The molecule has 0 fully saturated rings. The van der Waals surface area contributed by atoms with Crippen LogP contribution in [0.25, 0.3) is 0 Å². The zero-order chi connectivity index (χ0) is 10.0. The Morgan fingerprint density at radius 1 is 1.62 bits per heavy atom. The number of halogens is 2. The van der Waals surface area contributed by atoms with Crippen molar-refractivity contribution in [1.29, 1.82) is 0 Å². The molecule has 0 radical (unpaired) electrons. The Kier molecular flexibility index (Phi) is 2.98. The molecule has 0 aromatic carbocycles. The molecule has 1 rings (SSSR count). The molecule has 13 heavy (non-hydrogen) atoms. The van der Waals surface area contributed by atoms with Crippen molar-refractivity contribution < 1.29 is 9.18 Å². The maximum absolute atomic E-state index is 13.0. The Balaban J connectivity index is 3.13. The monoisotopic (exact) mass is 246 g/mol. The van der Waals surface area contributed by atoms with Gasteiger partial charge in [0.2, 0.25) is 5.95 Å². The normalized spacial score (nSPS) is 9.85. The molecular weight excluding hydrogens is 239 g/mol. The first-order valence-electron chi connectivity index (χ1n) is 3.55. The predicted molar refractivity (Wildman–Crippen MR) is 49.9 cm³/mol. The van der Waals surface area contributed by atoms with E-state index in [-0.39, 0.29) is 5.56 Å². The number of carbonyl (C=O) groups is 1. The maximum Gasteiger partial charge on any atom is 0.258 e. The van der Waals surface area contributed by atoms with E-state index in [1.807, 2.05) is 0 Å². The van der Waals surface area contributed by atoms with Crippen LogP contribution in [0.3, 0.4) is 0 Å². The summed E-state index contributed by atoms with van der Waals surface area (Å²) in [6.45, 7) is 0. The summed E-state index contributed by atoms with van der Waals surface area (Å²) in [5.74, 6) is -1.15. The smallest absolute Gasteiger partial charge is 0.258 e. The Hall–Kier alpha value is -0.970. The summed E-state index contributed by atoms with van der Waals surface area (Å²) in [5, 5.41) is 0. The molecule has 1 aromatic heterocycles. The van der Waals surface area contributed by atoms with Crippen molar-refractivity contribution in [3.63, 3.8) is 0 Å². The first-order chi connectivity index (χ1) is 6.02. The van der Waals surface area contributed by atoms with Crippen LogP contribution in [0.4, 0.5) is 4.39 Å². The van der Waals surface area contributed by atoms with Crippen LogP contribution in [0.5, 0.6) is 0 Å². The lowest BCUT2D eigenvalue weighted by molar-refractivity contribution is 0.0822. The van der Waals surface area contributed by atoms with Gasteiger partial charge in [-0.25, -0.2) is 4.98 Å². The highest BCUT2D eigenvalue weighted by atomic mass is 79.9. The van der Waals surface area contributed by atoms with Gasteiger partial charge in [0.1, 0.15) is 0 Å². The van der Waals surface area contributed by atoms with E-state index in [9.17, 15) is 9.18 Å². The molecule has 0 saturated carbocycles. The van der Waals surface area contributed by atoms with Gasteiger partial charge in [0, 0.05) is 24.8 Å². The second-order valence-electron chi connectivity index (χ2n) is 2.69. The Labute approximate surface area is 83.7 Å². The molecule has 0 bridgehead atoms. The maximum atomic E-state index is 13.0. The van der Waals surface area contributed by atoms with Gasteiger partial charge < -0.3 is 4.90 Å². The van der Waals surface area contributed by atoms with E-state index < -0.39 is 11.9 Å². The molecule has 0 atom stereocenters. The largest absolute Gasteiger partial charge is 0.345 e. The molecule has 1 aromatic rings. The molecule has 70 valence electrons. The molecule has 0 aliphatic rings. The summed E-state index contributed by atoms with van der Waals surface area (Å²) < 4.78 is 13.6. The van der Waals surface area contributed by atoms with E-state index in [0.29, 0.717) is 4.47 Å². The third-order valence-corrected chi connectivity index (χ3v) is 1.88. The topological polar surface area (TPSA) is 33.2 Å². The van der Waals surface area contributed by atoms with E-state index in [2.05, 4.69) is 20.9 Å². The average molecular weight is 247 g/mol. The number of nitrogens with zero attached hydrogens (tertiary/aromatic N) is 2. The average Bonchev–Trinajstić information content (AvgIpc) is 2.08. The first kappa shape index (κ1) is 10.1. The van der Waals surface area contributed by atoms with Crippen LogP contribution in [0, 0.1) is 5.95 Å². The third kappa shape index (κ3) is 2.24. The highest BCUT2D eigenvalue weighted by Gasteiger charge is 2.14. The Morgan fingerprint density at radius 3 is 2.77 bits per heavy atom. The lowest BCUT2D eigenvalue weighted by atomic mass is 10.2. The summed E-state index contributed by atoms with van der Waals surface area (Å²) in [5.41, 5.74) is -0.0284. The van der Waals surface area contributed by atoms with E-state index in [1.54, 1.807) is 14.1 Å². The fourth-order valence-electron chi connectivity index (χ4n) is 0.813. The Morgan fingerprint density at radius 2 is 2.23 bits per heavy atom. The SMILES string of the molecule is CN(C)C(=O)c1cc(Br)cnc1F. The first-order valence-corrected chi connectivity index (χ1v) is 4.34. The van der Waals surface area contributed by atoms with Crippen molar-refractivity contribution in [2.45, 2.75) is 0 Å². The van der Waals surface area contributed by atoms with Gasteiger partial charge in [-0.3, -0.25) is 4.79 Å². The molecule has 1 amide bonds. The predicted octanol–water partition coefficient (Wildman–Crippen LogP) is 1.69. The van der Waals surface area contributed by atoms with Crippen molar-refractivity contribution in [3.05, 3.63) is 28.2 Å². The van der Waals surface area contributed by atoms with Crippen molar-refractivity contribution in [2.75, 3.05) is 14.1 Å². The summed E-state index contributed by atoms with van der Waals surface area (Å²) >= 11 is 3.11. The van der Waals surface area contributed by atoms with E-state index in [0.717, 1.165) is 0 Å². The van der Waals surface area contributed by atoms with Gasteiger partial charge in [0.05, 0.1) is 5.56 Å². The van der Waals surface area contributed by atoms with Crippen LogP contribution < -0.4 is 0 Å². The minimum Gasteiger partial charge on any atom is -0.345 e. The van der Waals surface area contributed by atoms with Crippen molar-refractivity contribution in [2.24, 2.45) is 0 Å². The summed E-state index contributed by atoms with van der Waals surface area (Å²) in [4.78, 5) is 16.1. The molecule has 0 aliphatic carbocycles. The van der Waals surface area contributed by atoms with E-state index in [1.165, 1.54) is 17.2 Å². The van der Waals surface area contributed by atoms with Gasteiger partial charge in [-0.1, -0.05) is 0 Å². The number of aromatic nitrogens is 1. The quantitative estimate of drug-likeness (QED) is 0.707. The van der Waals surface area contributed by atoms with Crippen LogP contribution in [-0.2, 0) is 0 Å². The van der Waals surface area contributed by atoms with Crippen LogP contribution in [0.2, 0.25) is 0 Å². The van der Waals surface area contributed by atoms with Gasteiger partial charge in [0.25, 0.3) is 5.91 Å². The molecule has 0 N–H and O–H groups in total. The van der Waals surface area contributed by atoms with E-state index >= 15 is 0 Å². The number of hydrogen-bond acceptors (Lipinski definition) is 2. The molecule has 0 spiro atoms. The fraction of sp³-hybridized carbons (Fsp3) is 0.250. The third-order valence-electron chi connectivity index (χ3n) is 1.44. The minimum atomic E-state index is -0.748. The molecule has 0 aliphatic heterocycles. The number of hydrogen-bond donors (Lipinski definition) is 0.